The van der Waals surface area contributed by atoms with Crippen molar-refractivity contribution in [2.45, 2.75) is 55.4 Å². The summed E-state index contributed by atoms with van der Waals surface area (Å²) in [5.41, 5.74) is 8.55. The van der Waals surface area contributed by atoms with Crippen LogP contribution in [0.4, 0.5) is 0 Å². The molecule has 0 unspecified atom stereocenters. The van der Waals surface area contributed by atoms with Crippen LogP contribution in [0.5, 0.6) is 0 Å². The van der Waals surface area contributed by atoms with Crippen molar-refractivity contribution in [3.63, 3.8) is 0 Å². The van der Waals surface area contributed by atoms with Crippen LogP contribution in [-0.2, 0) is 0 Å². The van der Waals surface area contributed by atoms with Crippen LogP contribution >= 0.6 is 0 Å². The van der Waals surface area contributed by atoms with E-state index in [0.29, 0.717) is 0 Å². The molecule has 0 atom stereocenters. The third kappa shape index (κ3) is 7.84. The maximum atomic E-state index is 4.47. The molecule has 0 N–H and O–H groups in total. The Bertz CT molecular complexity index is 1300. The van der Waals surface area contributed by atoms with Gasteiger partial charge in [-0.25, -0.2) is 9.50 Å². The number of benzene rings is 2. The minimum atomic E-state index is 0.873. The normalized spacial score (nSPS) is 9.58. The van der Waals surface area contributed by atoms with Crippen LogP contribution in [0.3, 0.4) is 0 Å². The lowest BCUT2D eigenvalue weighted by atomic mass is 10.1. The maximum Gasteiger partial charge on any atom is 0.155 e. The Labute approximate surface area is 227 Å². The first-order valence-electron chi connectivity index (χ1n) is 13.4. The number of nitrogens with zero attached hydrogens (tertiary/aromatic N) is 6. The van der Waals surface area contributed by atoms with E-state index in [4.69, 9.17) is 0 Å². The van der Waals surface area contributed by atoms with Gasteiger partial charge in [0, 0.05) is 35.8 Å². The summed E-state index contributed by atoms with van der Waals surface area (Å²) in [6.45, 7) is 16.2. The fourth-order valence-corrected chi connectivity index (χ4v) is 3.40. The highest BCUT2D eigenvalue weighted by Gasteiger charge is 2.04. The second-order valence-electron chi connectivity index (χ2n) is 7.65. The number of aromatic nitrogens is 6. The molecule has 0 aliphatic heterocycles. The van der Waals surface area contributed by atoms with Gasteiger partial charge in [0.1, 0.15) is 0 Å². The molecule has 0 fully saturated rings. The average Bonchev–Trinajstić information content (AvgIpc) is 3.62. The van der Waals surface area contributed by atoms with Crippen molar-refractivity contribution in [2.75, 3.05) is 0 Å². The van der Waals surface area contributed by atoms with E-state index < -0.39 is 0 Å². The molecule has 6 aromatic rings. The summed E-state index contributed by atoms with van der Waals surface area (Å²) in [4.78, 5) is 4.25. The summed E-state index contributed by atoms with van der Waals surface area (Å²) in [5, 5.41) is 13.0. The highest BCUT2D eigenvalue weighted by molar-refractivity contribution is 5.66. The zero-order valence-corrected chi connectivity index (χ0v) is 23.9. The van der Waals surface area contributed by atoms with Gasteiger partial charge in [-0.15, -0.1) is 5.10 Å². The second kappa shape index (κ2) is 15.7. The van der Waals surface area contributed by atoms with Crippen molar-refractivity contribution >= 4 is 11.2 Å². The number of rotatable bonds is 2. The summed E-state index contributed by atoms with van der Waals surface area (Å²) in [6, 6.07) is 26.5. The lowest BCUT2D eigenvalue weighted by Gasteiger charge is -1.96. The topological polar surface area (TPSA) is 60.4 Å². The smallest absolute Gasteiger partial charge is 0.155 e. The average molecular weight is 509 g/mol. The molecule has 0 radical (unpaired) electrons. The van der Waals surface area contributed by atoms with Gasteiger partial charge in [0.2, 0.25) is 0 Å². The number of fused-ring (bicyclic) bond motifs is 2. The zero-order valence-electron chi connectivity index (χ0n) is 23.9. The molecule has 198 valence electrons. The molecule has 0 aliphatic carbocycles. The minimum absolute atomic E-state index is 0.873. The predicted octanol–water partition coefficient (Wildman–Crippen LogP) is 8.49. The molecule has 0 aliphatic rings. The third-order valence-corrected chi connectivity index (χ3v) is 5.18. The first-order chi connectivity index (χ1) is 18.7. The first kappa shape index (κ1) is 29.9. The van der Waals surface area contributed by atoms with Gasteiger partial charge in [0.25, 0.3) is 0 Å². The molecule has 4 aromatic heterocycles. The SMILES string of the molecule is CC.CC.CC.Cc1ccc(-c2cc3cccnn3n2)cc1.Cc1ccc(-c2cc3ncccn3n2)cc1. The molecule has 6 nitrogen and oxygen atoms in total. The van der Waals surface area contributed by atoms with E-state index in [1.807, 2.05) is 78.1 Å². The number of hydrogen-bond donors (Lipinski definition) is 0. The van der Waals surface area contributed by atoms with Gasteiger partial charge in [-0.2, -0.15) is 14.8 Å². The van der Waals surface area contributed by atoms with Crippen LogP contribution in [-0.4, -0.2) is 29.4 Å². The lowest BCUT2D eigenvalue weighted by Crippen LogP contribution is -1.91. The van der Waals surface area contributed by atoms with Crippen LogP contribution in [0, 0.1) is 13.8 Å². The van der Waals surface area contributed by atoms with E-state index in [0.717, 1.165) is 33.7 Å². The standard InChI is InChI=1S/2C13H11N3.3C2H6/c1-10-3-5-11(6-4-10)12-9-13-14-7-2-8-16(13)15-12;1-10-4-6-11(7-5-10)13-9-12-3-2-8-14-16(12)15-13;3*1-2/h2*2-9H,1H3;3*1-2H3. The fraction of sp³-hybridized carbons (Fsp3) is 0.250. The summed E-state index contributed by atoms with van der Waals surface area (Å²) in [6.07, 6.45) is 5.41. The molecular formula is C32H40N6. The van der Waals surface area contributed by atoms with Crippen molar-refractivity contribution in [1.82, 2.24) is 29.4 Å². The fourth-order valence-electron chi connectivity index (χ4n) is 3.40. The van der Waals surface area contributed by atoms with Crippen LogP contribution < -0.4 is 0 Å². The number of aryl methyl sites for hydroxylation is 2. The molecular weight excluding hydrogens is 468 g/mol. The van der Waals surface area contributed by atoms with Crippen molar-refractivity contribution < 1.29 is 0 Å². The molecule has 4 heterocycles. The molecule has 0 saturated carbocycles. The summed E-state index contributed by atoms with van der Waals surface area (Å²) < 4.78 is 3.43. The van der Waals surface area contributed by atoms with Gasteiger partial charge in [-0.1, -0.05) is 101 Å². The summed E-state index contributed by atoms with van der Waals surface area (Å²) >= 11 is 0. The highest BCUT2D eigenvalue weighted by Crippen LogP contribution is 2.20. The Morgan fingerprint density at radius 2 is 1.13 bits per heavy atom. The van der Waals surface area contributed by atoms with Crippen molar-refractivity contribution in [2.24, 2.45) is 0 Å². The second-order valence-corrected chi connectivity index (χ2v) is 7.65. The monoisotopic (exact) mass is 508 g/mol. The van der Waals surface area contributed by atoms with E-state index >= 15 is 0 Å². The molecule has 0 spiro atoms. The lowest BCUT2D eigenvalue weighted by molar-refractivity contribution is 0.803. The highest BCUT2D eigenvalue weighted by atomic mass is 15.4. The molecule has 0 bridgehead atoms. The number of hydrogen-bond acceptors (Lipinski definition) is 4. The Balaban J connectivity index is 0.000000224. The molecule has 38 heavy (non-hydrogen) atoms. The first-order valence-corrected chi connectivity index (χ1v) is 13.4. The van der Waals surface area contributed by atoms with Crippen LogP contribution in [0.1, 0.15) is 52.7 Å². The van der Waals surface area contributed by atoms with Gasteiger partial charge in [0.05, 0.1) is 16.9 Å². The van der Waals surface area contributed by atoms with E-state index in [9.17, 15) is 0 Å². The Kier molecular flexibility index (Phi) is 12.4. The molecule has 0 amide bonds. The maximum absolute atomic E-state index is 4.47. The molecule has 6 rings (SSSR count). The minimum Gasteiger partial charge on any atom is -0.237 e. The summed E-state index contributed by atoms with van der Waals surface area (Å²) in [5.74, 6) is 0. The Hall–Kier alpha value is -4.32. The van der Waals surface area contributed by atoms with E-state index in [-0.39, 0.29) is 0 Å². The van der Waals surface area contributed by atoms with Gasteiger partial charge in [-0.05, 0) is 38.1 Å². The van der Waals surface area contributed by atoms with Gasteiger partial charge >= 0.3 is 0 Å². The van der Waals surface area contributed by atoms with Crippen molar-refractivity contribution in [3.05, 3.63) is 109 Å². The van der Waals surface area contributed by atoms with Crippen molar-refractivity contribution in [1.29, 1.82) is 0 Å². The van der Waals surface area contributed by atoms with Crippen LogP contribution in [0.25, 0.3) is 33.7 Å². The third-order valence-electron chi connectivity index (χ3n) is 5.18. The quantitative estimate of drug-likeness (QED) is 0.235. The summed E-state index contributed by atoms with van der Waals surface area (Å²) in [7, 11) is 0. The Morgan fingerprint density at radius 3 is 1.66 bits per heavy atom. The molecule has 0 saturated heterocycles. The predicted molar refractivity (Wildman–Crippen MR) is 160 cm³/mol. The van der Waals surface area contributed by atoms with Crippen molar-refractivity contribution in [3.8, 4) is 22.5 Å². The van der Waals surface area contributed by atoms with Crippen LogP contribution in [0.15, 0.2) is 97.5 Å². The Morgan fingerprint density at radius 1 is 0.579 bits per heavy atom. The molecule has 6 heteroatoms. The van der Waals surface area contributed by atoms with Gasteiger partial charge in [-0.3, -0.25) is 0 Å². The van der Waals surface area contributed by atoms with Crippen LogP contribution in [0.2, 0.25) is 0 Å². The largest absolute Gasteiger partial charge is 0.237 e. The van der Waals surface area contributed by atoms with Gasteiger partial charge in [0.15, 0.2) is 5.65 Å². The van der Waals surface area contributed by atoms with Gasteiger partial charge < -0.3 is 0 Å². The molecule has 2 aromatic carbocycles. The van der Waals surface area contributed by atoms with E-state index in [1.54, 1.807) is 21.5 Å². The van der Waals surface area contributed by atoms with E-state index in [1.165, 1.54) is 11.1 Å². The zero-order chi connectivity index (χ0) is 27.9. The van der Waals surface area contributed by atoms with E-state index in [2.05, 4.69) is 82.7 Å².